The van der Waals surface area contributed by atoms with Gasteiger partial charge in [0.05, 0.1) is 0 Å². The molecule has 3 N–H and O–H groups in total. The Morgan fingerprint density at radius 1 is 1.41 bits per heavy atom. The first-order valence-electron chi connectivity index (χ1n) is 6.33. The fourth-order valence-corrected chi connectivity index (χ4v) is 2.12. The standard InChI is InChI=1S/C12H20N4O/c1-2-5-10-14-11(16-13)8-12(15-10)17-9-6-3-4-7-9/h8-9H,2-7,13H2,1H3,(H,14,15,16). The third-order valence-corrected chi connectivity index (χ3v) is 2.96. The molecule has 5 heteroatoms. The summed E-state index contributed by atoms with van der Waals surface area (Å²) in [5.41, 5.74) is 2.56. The van der Waals surface area contributed by atoms with Gasteiger partial charge in [-0.15, -0.1) is 0 Å². The minimum absolute atomic E-state index is 0.310. The summed E-state index contributed by atoms with van der Waals surface area (Å²) in [6, 6.07) is 1.76. The second kappa shape index (κ2) is 5.82. The van der Waals surface area contributed by atoms with Crippen molar-refractivity contribution in [2.75, 3.05) is 5.43 Å². The van der Waals surface area contributed by atoms with E-state index >= 15 is 0 Å². The van der Waals surface area contributed by atoms with Gasteiger partial charge in [-0.05, 0) is 32.1 Å². The minimum atomic E-state index is 0.310. The van der Waals surface area contributed by atoms with Crippen molar-refractivity contribution in [1.82, 2.24) is 9.97 Å². The Bertz CT molecular complexity index is 364. The van der Waals surface area contributed by atoms with Gasteiger partial charge >= 0.3 is 0 Å². The topological polar surface area (TPSA) is 73.1 Å². The summed E-state index contributed by atoms with van der Waals surface area (Å²) in [4.78, 5) is 8.69. The number of aryl methyl sites for hydroxylation is 1. The van der Waals surface area contributed by atoms with Gasteiger partial charge in [0.15, 0.2) is 0 Å². The van der Waals surface area contributed by atoms with Crippen LogP contribution in [0, 0.1) is 0 Å². The first-order chi connectivity index (χ1) is 8.31. The number of nitrogens with zero attached hydrogens (tertiary/aromatic N) is 2. The van der Waals surface area contributed by atoms with Crippen LogP contribution in [-0.2, 0) is 6.42 Å². The number of nitrogen functional groups attached to an aromatic ring is 1. The van der Waals surface area contributed by atoms with Crippen LogP contribution in [0.5, 0.6) is 5.88 Å². The summed E-state index contributed by atoms with van der Waals surface area (Å²) >= 11 is 0. The van der Waals surface area contributed by atoms with Gasteiger partial charge in [0.1, 0.15) is 17.7 Å². The summed E-state index contributed by atoms with van der Waals surface area (Å²) < 4.78 is 5.86. The molecule has 0 spiro atoms. The van der Waals surface area contributed by atoms with Gasteiger partial charge in [0.2, 0.25) is 5.88 Å². The zero-order valence-corrected chi connectivity index (χ0v) is 10.3. The van der Waals surface area contributed by atoms with E-state index in [1.54, 1.807) is 6.07 Å². The molecule has 0 aliphatic heterocycles. The van der Waals surface area contributed by atoms with Crippen molar-refractivity contribution in [3.05, 3.63) is 11.9 Å². The number of nitrogens with two attached hydrogens (primary N) is 1. The molecule has 1 aromatic heterocycles. The fourth-order valence-electron chi connectivity index (χ4n) is 2.12. The molecule has 1 saturated carbocycles. The quantitative estimate of drug-likeness (QED) is 0.604. The highest BCUT2D eigenvalue weighted by atomic mass is 16.5. The molecule has 1 fully saturated rings. The van der Waals surface area contributed by atoms with Crippen molar-refractivity contribution in [3.63, 3.8) is 0 Å². The number of anilines is 1. The summed E-state index contributed by atoms with van der Waals surface area (Å²) in [5, 5.41) is 0. The van der Waals surface area contributed by atoms with Gasteiger partial charge in [-0.2, -0.15) is 4.98 Å². The molecule has 94 valence electrons. The third kappa shape index (κ3) is 3.30. The number of aromatic nitrogens is 2. The Labute approximate surface area is 102 Å². The van der Waals surface area contributed by atoms with Crippen LogP contribution in [0.15, 0.2) is 6.07 Å². The number of ether oxygens (including phenoxy) is 1. The van der Waals surface area contributed by atoms with Crippen molar-refractivity contribution in [1.29, 1.82) is 0 Å². The maximum Gasteiger partial charge on any atom is 0.219 e. The predicted molar refractivity (Wildman–Crippen MR) is 66.7 cm³/mol. The largest absolute Gasteiger partial charge is 0.474 e. The maximum absolute atomic E-state index is 5.86. The molecule has 0 bridgehead atoms. The van der Waals surface area contributed by atoms with E-state index in [1.807, 2.05) is 0 Å². The number of hydrogen-bond donors (Lipinski definition) is 2. The molecule has 17 heavy (non-hydrogen) atoms. The highest BCUT2D eigenvalue weighted by molar-refractivity contribution is 5.37. The van der Waals surface area contributed by atoms with Gasteiger partial charge in [-0.1, -0.05) is 6.92 Å². The lowest BCUT2D eigenvalue weighted by molar-refractivity contribution is 0.200. The molecule has 0 radical (unpaired) electrons. The van der Waals surface area contributed by atoms with E-state index in [1.165, 1.54) is 12.8 Å². The third-order valence-electron chi connectivity index (χ3n) is 2.96. The number of rotatable bonds is 5. The lowest BCUT2D eigenvalue weighted by atomic mass is 10.3. The van der Waals surface area contributed by atoms with Gasteiger partial charge < -0.3 is 10.2 Å². The minimum Gasteiger partial charge on any atom is -0.474 e. The zero-order valence-electron chi connectivity index (χ0n) is 10.3. The smallest absolute Gasteiger partial charge is 0.219 e. The van der Waals surface area contributed by atoms with Crippen LogP contribution >= 0.6 is 0 Å². The van der Waals surface area contributed by atoms with Crippen LogP contribution < -0.4 is 16.0 Å². The normalized spacial score (nSPS) is 16.1. The van der Waals surface area contributed by atoms with Gasteiger partial charge in [-0.25, -0.2) is 10.8 Å². The van der Waals surface area contributed by atoms with Crippen molar-refractivity contribution in [2.24, 2.45) is 5.84 Å². The number of nitrogens with one attached hydrogen (secondary N) is 1. The summed E-state index contributed by atoms with van der Waals surface area (Å²) in [7, 11) is 0. The van der Waals surface area contributed by atoms with E-state index in [-0.39, 0.29) is 0 Å². The molecular formula is C12H20N4O. The van der Waals surface area contributed by atoms with Crippen LogP contribution in [0.3, 0.4) is 0 Å². The molecule has 1 aromatic rings. The van der Waals surface area contributed by atoms with Crippen molar-refractivity contribution in [3.8, 4) is 5.88 Å². The monoisotopic (exact) mass is 236 g/mol. The first kappa shape index (κ1) is 12.1. The second-order valence-electron chi connectivity index (χ2n) is 4.43. The molecule has 1 aliphatic carbocycles. The average molecular weight is 236 g/mol. The molecular weight excluding hydrogens is 216 g/mol. The SMILES string of the molecule is CCCc1nc(NN)cc(OC2CCCC2)n1. The van der Waals surface area contributed by atoms with E-state index in [0.29, 0.717) is 17.8 Å². The van der Waals surface area contributed by atoms with E-state index in [2.05, 4.69) is 22.3 Å². The lowest BCUT2D eigenvalue weighted by Crippen LogP contribution is -2.15. The van der Waals surface area contributed by atoms with Crippen molar-refractivity contribution >= 4 is 5.82 Å². The molecule has 0 aromatic carbocycles. The van der Waals surface area contributed by atoms with E-state index < -0.39 is 0 Å². The van der Waals surface area contributed by atoms with Crippen molar-refractivity contribution in [2.45, 2.75) is 51.6 Å². The van der Waals surface area contributed by atoms with Gasteiger partial charge in [-0.3, -0.25) is 0 Å². The Morgan fingerprint density at radius 2 is 2.18 bits per heavy atom. The number of hydrogen-bond acceptors (Lipinski definition) is 5. The van der Waals surface area contributed by atoms with E-state index in [4.69, 9.17) is 10.6 Å². The van der Waals surface area contributed by atoms with Gasteiger partial charge in [0, 0.05) is 12.5 Å². The summed E-state index contributed by atoms with van der Waals surface area (Å²) in [6.07, 6.45) is 6.91. The molecule has 0 saturated heterocycles. The Hall–Kier alpha value is -1.36. The fraction of sp³-hybridized carbons (Fsp3) is 0.667. The van der Waals surface area contributed by atoms with Crippen LogP contribution in [0.2, 0.25) is 0 Å². The first-order valence-corrected chi connectivity index (χ1v) is 6.33. The van der Waals surface area contributed by atoms with Gasteiger partial charge in [0.25, 0.3) is 0 Å². The van der Waals surface area contributed by atoms with E-state index in [0.717, 1.165) is 31.5 Å². The molecule has 1 heterocycles. The lowest BCUT2D eigenvalue weighted by Gasteiger charge is -2.13. The second-order valence-corrected chi connectivity index (χ2v) is 4.43. The van der Waals surface area contributed by atoms with Crippen LogP contribution in [0.1, 0.15) is 44.9 Å². The molecule has 1 aliphatic rings. The molecule has 0 unspecified atom stereocenters. The molecule has 0 atom stereocenters. The van der Waals surface area contributed by atoms with Crippen LogP contribution in [0.4, 0.5) is 5.82 Å². The molecule has 2 rings (SSSR count). The maximum atomic E-state index is 5.86. The van der Waals surface area contributed by atoms with Crippen molar-refractivity contribution < 1.29 is 4.74 Å². The van der Waals surface area contributed by atoms with Crippen LogP contribution in [-0.4, -0.2) is 16.1 Å². The Kier molecular flexibility index (Phi) is 4.14. The average Bonchev–Trinajstić information content (AvgIpc) is 2.82. The predicted octanol–water partition coefficient (Wildman–Crippen LogP) is 2.04. The molecule has 0 amide bonds. The van der Waals surface area contributed by atoms with E-state index in [9.17, 15) is 0 Å². The number of hydrazine groups is 1. The Balaban J connectivity index is 2.10. The Morgan fingerprint density at radius 3 is 2.82 bits per heavy atom. The molecule has 5 nitrogen and oxygen atoms in total. The summed E-state index contributed by atoms with van der Waals surface area (Å²) in [6.45, 7) is 2.10. The van der Waals surface area contributed by atoms with Crippen LogP contribution in [0.25, 0.3) is 0 Å². The highest BCUT2D eigenvalue weighted by Crippen LogP contribution is 2.24. The zero-order chi connectivity index (χ0) is 12.1. The highest BCUT2D eigenvalue weighted by Gasteiger charge is 2.17. The summed E-state index contributed by atoms with van der Waals surface area (Å²) in [5.74, 6) is 7.45.